The van der Waals surface area contributed by atoms with Crippen LogP contribution in [0.15, 0.2) is 22.7 Å². The van der Waals surface area contributed by atoms with E-state index in [0.29, 0.717) is 4.47 Å². The Morgan fingerprint density at radius 1 is 1.25 bits per heavy atom. The molecular weight excluding hydrogens is 373 g/mol. The van der Waals surface area contributed by atoms with Crippen LogP contribution in [0.5, 0.6) is 0 Å². The summed E-state index contributed by atoms with van der Waals surface area (Å²) in [4.78, 5) is 0. The lowest BCUT2D eigenvalue weighted by atomic mass is 10.2. The van der Waals surface area contributed by atoms with Gasteiger partial charge in [-0.25, -0.2) is 21.2 Å². The number of sulfone groups is 1. The molecule has 112 valence electrons. The Labute approximate surface area is 125 Å². The molecule has 0 atom stereocenters. The van der Waals surface area contributed by atoms with Gasteiger partial charge < -0.3 is 0 Å². The van der Waals surface area contributed by atoms with Gasteiger partial charge in [0.2, 0.25) is 10.0 Å². The normalized spacial score (nSPS) is 19.7. The van der Waals surface area contributed by atoms with Crippen LogP contribution in [-0.4, -0.2) is 33.6 Å². The zero-order valence-electron chi connectivity index (χ0n) is 10.3. The van der Waals surface area contributed by atoms with Gasteiger partial charge in [0.1, 0.15) is 15.7 Å². The van der Waals surface area contributed by atoms with Gasteiger partial charge in [-0.15, -0.1) is 0 Å². The van der Waals surface area contributed by atoms with Crippen molar-refractivity contribution in [3.05, 3.63) is 28.5 Å². The minimum absolute atomic E-state index is 0.0798. The minimum Gasteiger partial charge on any atom is -0.282 e. The molecule has 20 heavy (non-hydrogen) atoms. The summed E-state index contributed by atoms with van der Waals surface area (Å²) >= 11 is 3.08. The molecule has 1 N–H and O–H groups in total. The van der Waals surface area contributed by atoms with E-state index >= 15 is 0 Å². The standard InChI is InChI=1S/C11H13BrFNO4S2/c12-10-7-8(13)1-2-11(10)14-20(17,18)9-3-5-19(15,16)6-4-9/h1-2,7,9,14H,3-6H2. The van der Waals surface area contributed by atoms with Gasteiger partial charge in [0.15, 0.2) is 0 Å². The molecule has 0 radical (unpaired) electrons. The van der Waals surface area contributed by atoms with Gasteiger partial charge in [0.05, 0.1) is 22.4 Å². The quantitative estimate of drug-likeness (QED) is 0.861. The highest BCUT2D eigenvalue weighted by atomic mass is 79.9. The summed E-state index contributed by atoms with van der Waals surface area (Å²) in [6.45, 7) is 0. The van der Waals surface area contributed by atoms with E-state index in [4.69, 9.17) is 0 Å². The molecular formula is C11H13BrFNO4S2. The zero-order valence-corrected chi connectivity index (χ0v) is 13.6. The molecule has 0 bridgehead atoms. The second kappa shape index (κ2) is 5.61. The van der Waals surface area contributed by atoms with Crippen molar-refractivity contribution < 1.29 is 21.2 Å². The highest BCUT2D eigenvalue weighted by Gasteiger charge is 2.33. The van der Waals surface area contributed by atoms with E-state index in [1.165, 1.54) is 6.07 Å². The largest absolute Gasteiger partial charge is 0.282 e. The molecule has 0 aromatic heterocycles. The molecule has 1 fully saturated rings. The fourth-order valence-corrected chi connectivity index (χ4v) is 5.87. The lowest BCUT2D eigenvalue weighted by molar-refractivity contribution is 0.555. The third-order valence-corrected chi connectivity index (χ3v) is 7.35. The first-order valence-electron chi connectivity index (χ1n) is 5.87. The number of rotatable bonds is 3. The Kier molecular flexibility index (Phi) is 4.41. The van der Waals surface area contributed by atoms with E-state index in [-0.39, 0.29) is 30.0 Å². The first-order valence-corrected chi connectivity index (χ1v) is 10.0. The number of benzene rings is 1. The van der Waals surface area contributed by atoms with Gasteiger partial charge >= 0.3 is 0 Å². The van der Waals surface area contributed by atoms with Crippen molar-refractivity contribution in [2.24, 2.45) is 0 Å². The average Bonchev–Trinajstić information content (AvgIpc) is 2.32. The predicted molar refractivity (Wildman–Crippen MR) is 78.3 cm³/mol. The van der Waals surface area contributed by atoms with Gasteiger partial charge in [0.25, 0.3) is 0 Å². The van der Waals surface area contributed by atoms with Crippen molar-refractivity contribution in [3.63, 3.8) is 0 Å². The van der Waals surface area contributed by atoms with E-state index in [0.717, 1.165) is 12.1 Å². The zero-order chi connectivity index (χ0) is 15.0. The summed E-state index contributed by atoms with van der Waals surface area (Å²) in [5.74, 6) is -0.727. The maximum atomic E-state index is 12.9. The SMILES string of the molecule is O=S1(=O)CCC(S(=O)(=O)Nc2ccc(F)cc2Br)CC1. The molecule has 2 rings (SSSR count). The first-order chi connectivity index (χ1) is 9.20. The summed E-state index contributed by atoms with van der Waals surface area (Å²) in [5.41, 5.74) is 0.236. The van der Waals surface area contributed by atoms with Crippen LogP contribution in [0, 0.1) is 5.82 Å². The number of anilines is 1. The van der Waals surface area contributed by atoms with Crippen molar-refractivity contribution in [3.8, 4) is 0 Å². The summed E-state index contributed by atoms with van der Waals surface area (Å²) in [6, 6.07) is 3.62. The van der Waals surface area contributed by atoms with Gasteiger partial charge in [0, 0.05) is 4.47 Å². The second-order valence-electron chi connectivity index (χ2n) is 4.62. The van der Waals surface area contributed by atoms with Crippen LogP contribution >= 0.6 is 15.9 Å². The predicted octanol–water partition coefficient (Wildman–Crippen LogP) is 1.91. The third-order valence-electron chi connectivity index (χ3n) is 3.12. The molecule has 9 heteroatoms. The molecule has 1 heterocycles. The van der Waals surface area contributed by atoms with Crippen molar-refractivity contribution in [2.45, 2.75) is 18.1 Å². The fourth-order valence-electron chi connectivity index (χ4n) is 1.99. The molecule has 5 nitrogen and oxygen atoms in total. The Balaban J connectivity index is 2.16. The Bertz CT molecular complexity index is 704. The highest BCUT2D eigenvalue weighted by Crippen LogP contribution is 2.27. The maximum absolute atomic E-state index is 12.9. The minimum atomic E-state index is -3.69. The average molecular weight is 386 g/mol. The van der Waals surface area contributed by atoms with Crippen LogP contribution in [0.3, 0.4) is 0 Å². The molecule has 0 spiro atoms. The fraction of sp³-hybridized carbons (Fsp3) is 0.455. The lowest BCUT2D eigenvalue weighted by Gasteiger charge is -2.23. The summed E-state index contributed by atoms with van der Waals surface area (Å²) in [6.07, 6.45) is 0.160. The lowest BCUT2D eigenvalue weighted by Crippen LogP contribution is -2.36. The van der Waals surface area contributed by atoms with Crippen LogP contribution in [0.1, 0.15) is 12.8 Å². The van der Waals surface area contributed by atoms with E-state index < -0.39 is 30.9 Å². The van der Waals surface area contributed by atoms with Crippen molar-refractivity contribution in [1.82, 2.24) is 0 Å². The van der Waals surface area contributed by atoms with Gasteiger partial charge in [-0.1, -0.05) is 0 Å². The van der Waals surface area contributed by atoms with Gasteiger partial charge in [-0.3, -0.25) is 4.72 Å². The molecule has 0 unspecified atom stereocenters. The Hall–Kier alpha value is -0.670. The van der Waals surface area contributed by atoms with Crippen molar-refractivity contribution >= 4 is 41.5 Å². The van der Waals surface area contributed by atoms with Crippen molar-refractivity contribution in [1.29, 1.82) is 0 Å². The molecule has 1 aromatic rings. The van der Waals surface area contributed by atoms with Crippen LogP contribution in [0.2, 0.25) is 0 Å². The molecule has 1 aliphatic rings. The molecule has 0 amide bonds. The van der Waals surface area contributed by atoms with Crippen LogP contribution < -0.4 is 4.72 Å². The monoisotopic (exact) mass is 385 g/mol. The highest BCUT2D eigenvalue weighted by molar-refractivity contribution is 9.10. The van der Waals surface area contributed by atoms with E-state index in [9.17, 15) is 21.2 Å². The third kappa shape index (κ3) is 3.70. The number of hydrogen-bond acceptors (Lipinski definition) is 4. The Morgan fingerprint density at radius 2 is 1.85 bits per heavy atom. The molecule has 1 aromatic carbocycles. The van der Waals surface area contributed by atoms with Crippen LogP contribution in [0.25, 0.3) is 0 Å². The summed E-state index contributed by atoms with van der Waals surface area (Å²) in [7, 11) is -6.80. The molecule has 0 saturated carbocycles. The number of halogens is 2. The van der Waals surface area contributed by atoms with Crippen LogP contribution in [0.4, 0.5) is 10.1 Å². The molecule has 1 saturated heterocycles. The van der Waals surface area contributed by atoms with E-state index in [2.05, 4.69) is 20.7 Å². The van der Waals surface area contributed by atoms with Crippen LogP contribution in [-0.2, 0) is 19.9 Å². The molecule has 1 aliphatic heterocycles. The second-order valence-corrected chi connectivity index (χ2v) is 9.74. The van der Waals surface area contributed by atoms with E-state index in [1.807, 2.05) is 0 Å². The van der Waals surface area contributed by atoms with Gasteiger partial charge in [-0.2, -0.15) is 0 Å². The maximum Gasteiger partial charge on any atom is 0.235 e. The van der Waals surface area contributed by atoms with Crippen molar-refractivity contribution in [2.75, 3.05) is 16.2 Å². The topological polar surface area (TPSA) is 80.3 Å². The molecule has 0 aliphatic carbocycles. The summed E-state index contributed by atoms with van der Waals surface area (Å²) < 4.78 is 62.6. The van der Waals surface area contributed by atoms with E-state index in [1.54, 1.807) is 0 Å². The smallest absolute Gasteiger partial charge is 0.235 e. The number of hydrogen-bond donors (Lipinski definition) is 1. The Morgan fingerprint density at radius 3 is 2.40 bits per heavy atom. The summed E-state index contributed by atoms with van der Waals surface area (Å²) in [5, 5.41) is -0.747. The number of sulfonamides is 1. The first kappa shape index (κ1) is 15.7. The number of nitrogens with one attached hydrogen (secondary N) is 1. The van der Waals surface area contributed by atoms with Gasteiger partial charge in [-0.05, 0) is 47.0 Å².